The summed E-state index contributed by atoms with van der Waals surface area (Å²) in [5.41, 5.74) is 1.80. The number of thiophene rings is 1. The number of benzene rings is 1. The van der Waals surface area contributed by atoms with E-state index >= 15 is 0 Å². The van der Waals surface area contributed by atoms with Crippen LogP contribution in [0.1, 0.15) is 27.0 Å². The minimum Gasteiger partial charge on any atom is -0.394 e. The van der Waals surface area contributed by atoms with Gasteiger partial charge < -0.3 is 25.2 Å². The number of aliphatic hydroxyl groups excluding tert-OH is 4. The zero-order chi connectivity index (χ0) is 17.3. The average molecular weight is 350 g/mol. The van der Waals surface area contributed by atoms with E-state index in [1.54, 1.807) is 11.3 Å². The van der Waals surface area contributed by atoms with Gasteiger partial charge in [0, 0.05) is 16.2 Å². The summed E-state index contributed by atoms with van der Waals surface area (Å²) in [6.45, 7) is 1.65. The molecule has 1 aromatic heterocycles. The Bertz CT molecular complexity index is 684. The second kappa shape index (κ2) is 7.31. The van der Waals surface area contributed by atoms with Crippen LogP contribution in [0.15, 0.2) is 36.4 Å². The quantitative estimate of drug-likeness (QED) is 0.664. The molecular weight excluding hydrogens is 328 g/mol. The van der Waals surface area contributed by atoms with Crippen LogP contribution in [-0.2, 0) is 11.2 Å². The third kappa shape index (κ3) is 3.54. The summed E-state index contributed by atoms with van der Waals surface area (Å²) in [6, 6.07) is 11.8. The maximum absolute atomic E-state index is 10.2. The maximum Gasteiger partial charge on any atom is 0.113 e. The Kier molecular flexibility index (Phi) is 5.34. The first-order valence-electron chi connectivity index (χ1n) is 7.94. The molecule has 1 fully saturated rings. The van der Waals surface area contributed by atoms with E-state index in [-0.39, 0.29) is 0 Å². The van der Waals surface area contributed by atoms with E-state index in [9.17, 15) is 20.4 Å². The minimum absolute atomic E-state index is 0.421. The predicted octanol–water partition coefficient (Wildman–Crippen LogP) is 1.16. The molecule has 0 bridgehead atoms. The second-order valence-electron chi connectivity index (χ2n) is 6.18. The van der Waals surface area contributed by atoms with Gasteiger partial charge in [0.15, 0.2) is 0 Å². The van der Waals surface area contributed by atoms with Gasteiger partial charge in [-0.1, -0.05) is 24.3 Å². The zero-order valence-electron chi connectivity index (χ0n) is 13.4. The van der Waals surface area contributed by atoms with Crippen LogP contribution in [0.5, 0.6) is 0 Å². The Labute approximate surface area is 144 Å². The van der Waals surface area contributed by atoms with E-state index in [0.717, 1.165) is 17.5 Å². The minimum atomic E-state index is -1.36. The van der Waals surface area contributed by atoms with Crippen LogP contribution >= 0.6 is 11.3 Å². The van der Waals surface area contributed by atoms with Gasteiger partial charge in [-0.2, -0.15) is 0 Å². The Morgan fingerprint density at radius 3 is 2.50 bits per heavy atom. The van der Waals surface area contributed by atoms with Crippen LogP contribution in [0.3, 0.4) is 0 Å². The lowest BCUT2D eigenvalue weighted by molar-refractivity contribution is -0.231. The molecule has 3 rings (SSSR count). The third-order valence-corrected chi connectivity index (χ3v) is 5.35. The number of aliphatic hydroxyl groups is 4. The molecule has 1 aliphatic rings. The van der Waals surface area contributed by atoms with Gasteiger partial charge in [-0.15, -0.1) is 11.3 Å². The first-order chi connectivity index (χ1) is 11.5. The van der Waals surface area contributed by atoms with Crippen molar-refractivity contribution in [2.24, 2.45) is 0 Å². The SMILES string of the molecule is Cc1ccc(Cc2cccc([C@@H]3O[C@H](CO)[C@@H](O)[C@H](O)[C@H]3O)c2)s1. The van der Waals surface area contributed by atoms with E-state index in [1.165, 1.54) is 9.75 Å². The molecule has 2 aromatic rings. The molecule has 1 aliphatic heterocycles. The highest BCUT2D eigenvalue weighted by atomic mass is 32.1. The Hall–Kier alpha value is -1.28. The molecule has 5 nitrogen and oxygen atoms in total. The van der Waals surface area contributed by atoms with Crippen molar-refractivity contribution in [1.82, 2.24) is 0 Å². The topological polar surface area (TPSA) is 90.2 Å². The second-order valence-corrected chi connectivity index (χ2v) is 7.56. The molecule has 0 aliphatic carbocycles. The van der Waals surface area contributed by atoms with E-state index < -0.39 is 37.1 Å². The maximum atomic E-state index is 10.2. The number of aryl methyl sites for hydroxylation is 1. The molecule has 0 amide bonds. The molecular formula is C18H22O5S. The summed E-state index contributed by atoms with van der Waals surface area (Å²) in [4.78, 5) is 2.51. The number of ether oxygens (including phenoxy) is 1. The van der Waals surface area contributed by atoms with Crippen molar-refractivity contribution in [2.75, 3.05) is 6.61 Å². The first kappa shape index (κ1) is 17.5. The van der Waals surface area contributed by atoms with E-state index in [1.807, 2.05) is 24.3 Å². The highest BCUT2D eigenvalue weighted by molar-refractivity contribution is 7.11. The van der Waals surface area contributed by atoms with Crippen molar-refractivity contribution in [3.05, 3.63) is 57.3 Å². The molecule has 130 valence electrons. The Balaban J connectivity index is 1.82. The van der Waals surface area contributed by atoms with Gasteiger partial charge in [0.25, 0.3) is 0 Å². The summed E-state index contributed by atoms with van der Waals surface area (Å²) in [5, 5.41) is 39.4. The number of hydrogen-bond acceptors (Lipinski definition) is 6. The Morgan fingerprint density at radius 1 is 1.04 bits per heavy atom. The molecule has 0 saturated carbocycles. The van der Waals surface area contributed by atoms with Crippen molar-refractivity contribution in [1.29, 1.82) is 0 Å². The van der Waals surface area contributed by atoms with E-state index in [2.05, 4.69) is 19.1 Å². The molecule has 2 heterocycles. The standard InChI is InChI=1S/C18H22O5S/c1-10-5-6-13(24-10)8-11-3-2-4-12(7-11)18-17(22)16(21)15(20)14(9-19)23-18/h2-7,14-22H,8-9H2,1H3/t14-,15-,16+,17-,18+/m1/s1. The van der Waals surface area contributed by atoms with Crippen LogP contribution < -0.4 is 0 Å². The molecule has 5 atom stereocenters. The summed E-state index contributed by atoms with van der Waals surface area (Å²) in [7, 11) is 0. The van der Waals surface area contributed by atoms with Gasteiger partial charge in [0.1, 0.15) is 30.5 Å². The van der Waals surface area contributed by atoms with Gasteiger partial charge in [-0.3, -0.25) is 0 Å². The van der Waals surface area contributed by atoms with Crippen LogP contribution in [0.25, 0.3) is 0 Å². The number of rotatable bonds is 4. The highest BCUT2D eigenvalue weighted by Gasteiger charge is 2.43. The molecule has 0 radical (unpaired) electrons. The summed E-state index contributed by atoms with van der Waals surface area (Å²) in [6.07, 6.45) is -4.84. The lowest BCUT2D eigenvalue weighted by atomic mass is 9.90. The molecule has 1 saturated heterocycles. The van der Waals surface area contributed by atoms with Crippen LogP contribution in [-0.4, -0.2) is 51.4 Å². The Morgan fingerprint density at radius 2 is 1.83 bits per heavy atom. The largest absolute Gasteiger partial charge is 0.394 e. The lowest BCUT2D eigenvalue weighted by Gasteiger charge is -2.40. The molecule has 1 aromatic carbocycles. The molecule has 6 heteroatoms. The third-order valence-electron chi connectivity index (χ3n) is 4.35. The van der Waals surface area contributed by atoms with E-state index in [0.29, 0.717) is 0 Å². The van der Waals surface area contributed by atoms with Crippen LogP contribution in [0, 0.1) is 6.92 Å². The van der Waals surface area contributed by atoms with Gasteiger partial charge in [-0.05, 0) is 30.2 Å². The summed E-state index contributed by atoms with van der Waals surface area (Å²) >= 11 is 1.74. The van der Waals surface area contributed by atoms with Crippen molar-refractivity contribution in [3.63, 3.8) is 0 Å². The van der Waals surface area contributed by atoms with Crippen molar-refractivity contribution in [3.8, 4) is 0 Å². The predicted molar refractivity (Wildman–Crippen MR) is 91.0 cm³/mol. The van der Waals surface area contributed by atoms with Crippen molar-refractivity contribution in [2.45, 2.75) is 43.9 Å². The summed E-state index contributed by atoms with van der Waals surface area (Å²) < 4.78 is 5.62. The van der Waals surface area contributed by atoms with Crippen molar-refractivity contribution >= 4 is 11.3 Å². The number of hydrogen-bond donors (Lipinski definition) is 4. The van der Waals surface area contributed by atoms with Gasteiger partial charge >= 0.3 is 0 Å². The fraction of sp³-hybridized carbons (Fsp3) is 0.444. The first-order valence-corrected chi connectivity index (χ1v) is 8.76. The zero-order valence-corrected chi connectivity index (χ0v) is 14.2. The van der Waals surface area contributed by atoms with Gasteiger partial charge in [-0.25, -0.2) is 0 Å². The molecule has 4 N–H and O–H groups in total. The molecule has 0 unspecified atom stereocenters. The van der Waals surface area contributed by atoms with E-state index in [4.69, 9.17) is 4.74 Å². The summed E-state index contributed by atoms with van der Waals surface area (Å²) in [5.74, 6) is 0. The smallest absolute Gasteiger partial charge is 0.113 e. The van der Waals surface area contributed by atoms with Crippen LogP contribution in [0.4, 0.5) is 0 Å². The van der Waals surface area contributed by atoms with Crippen LogP contribution in [0.2, 0.25) is 0 Å². The van der Waals surface area contributed by atoms with Gasteiger partial charge in [0.05, 0.1) is 6.61 Å². The fourth-order valence-corrected chi connectivity index (χ4v) is 3.96. The molecule has 0 spiro atoms. The van der Waals surface area contributed by atoms with Crippen molar-refractivity contribution < 1.29 is 25.2 Å². The van der Waals surface area contributed by atoms with Gasteiger partial charge in [0.2, 0.25) is 0 Å². The lowest BCUT2D eigenvalue weighted by Crippen LogP contribution is -2.55. The molecule has 24 heavy (non-hydrogen) atoms. The normalized spacial score (nSPS) is 30.5. The average Bonchev–Trinajstić information content (AvgIpc) is 2.98. The fourth-order valence-electron chi connectivity index (χ4n) is 3.04. The highest BCUT2D eigenvalue weighted by Crippen LogP contribution is 2.33. The monoisotopic (exact) mass is 350 g/mol.